The molecule has 0 aromatic heterocycles. The highest BCUT2D eigenvalue weighted by Crippen LogP contribution is 2.39. The maximum Gasteiger partial charge on any atom is 0.0444 e. The summed E-state index contributed by atoms with van der Waals surface area (Å²) in [6, 6.07) is 7.32. The zero-order valence-electron chi connectivity index (χ0n) is 11.8. The van der Waals surface area contributed by atoms with Crippen molar-refractivity contribution in [3.63, 3.8) is 0 Å². The Hall–Kier alpha value is -0.530. The first-order valence-electron chi connectivity index (χ1n) is 7.77. The summed E-state index contributed by atoms with van der Waals surface area (Å²) in [5.41, 5.74) is 2.76. The molecule has 104 valence electrons. The van der Waals surface area contributed by atoms with Crippen LogP contribution >= 0.6 is 11.6 Å². The SMILES string of the molecule is CC1CCC(c2ccc(C3CCCN3)cc2Cl)CC1. The molecule has 1 heterocycles. The Morgan fingerprint density at radius 2 is 1.89 bits per heavy atom. The van der Waals surface area contributed by atoms with Crippen molar-refractivity contribution in [2.75, 3.05) is 6.54 Å². The number of halogens is 1. The van der Waals surface area contributed by atoms with Crippen LogP contribution in [0.4, 0.5) is 0 Å². The molecular formula is C17H24ClN. The zero-order chi connectivity index (χ0) is 13.2. The summed E-state index contributed by atoms with van der Waals surface area (Å²) in [5.74, 6) is 1.59. The highest BCUT2D eigenvalue weighted by atomic mass is 35.5. The first kappa shape index (κ1) is 13.5. The molecule has 0 amide bonds. The fraction of sp³-hybridized carbons (Fsp3) is 0.647. The minimum atomic E-state index is 0.526. The molecule has 1 aromatic rings. The van der Waals surface area contributed by atoms with Gasteiger partial charge in [0.05, 0.1) is 0 Å². The van der Waals surface area contributed by atoms with Gasteiger partial charge in [-0.1, -0.05) is 43.5 Å². The van der Waals surface area contributed by atoms with E-state index in [1.807, 2.05) is 0 Å². The zero-order valence-corrected chi connectivity index (χ0v) is 12.5. The Morgan fingerprint density at radius 1 is 1.11 bits per heavy atom. The lowest BCUT2D eigenvalue weighted by Gasteiger charge is -2.27. The quantitative estimate of drug-likeness (QED) is 0.797. The highest BCUT2D eigenvalue weighted by Gasteiger charge is 2.23. The van der Waals surface area contributed by atoms with Crippen molar-refractivity contribution in [2.24, 2.45) is 5.92 Å². The molecule has 2 heteroatoms. The van der Waals surface area contributed by atoms with Gasteiger partial charge in [-0.25, -0.2) is 0 Å². The summed E-state index contributed by atoms with van der Waals surface area (Å²) in [4.78, 5) is 0. The molecule has 19 heavy (non-hydrogen) atoms. The monoisotopic (exact) mass is 277 g/mol. The molecule has 1 saturated carbocycles. The lowest BCUT2D eigenvalue weighted by Crippen LogP contribution is -2.14. The number of nitrogens with one attached hydrogen (secondary N) is 1. The second-order valence-corrected chi connectivity index (χ2v) is 6.79. The van der Waals surface area contributed by atoms with Gasteiger partial charge in [0.1, 0.15) is 0 Å². The van der Waals surface area contributed by atoms with Crippen LogP contribution in [-0.2, 0) is 0 Å². The van der Waals surface area contributed by atoms with Gasteiger partial charge in [0.25, 0.3) is 0 Å². The Labute approximate surface area is 121 Å². The maximum absolute atomic E-state index is 6.55. The van der Waals surface area contributed by atoms with E-state index >= 15 is 0 Å². The first-order valence-corrected chi connectivity index (χ1v) is 8.14. The minimum Gasteiger partial charge on any atom is -0.310 e. The molecule has 1 nitrogen and oxygen atoms in total. The number of rotatable bonds is 2. The van der Waals surface area contributed by atoms with Gasteiger partial charge in [0.15, 0.2) is 0 Å². The van der Waals surface area contributed by atoms with Crippen molar-refractivity contribution in [3.8, 4) is 0 Å². The Kier molecular flexibility index (Phi) is 4.14. The normalized spacial score (nSPS) is 31.6. The van der Waals surface area contributed by atoms with E-state index in [1.54, 1.807) is 0 Å². The average Bonchev–Trinajstić information content (AvgIpc) is 2.94. The van der Waals surface area contributed by atoms with Crippen LogP contribution < -0.4 is 5.32 Å². The minimum absolute atomic E-state index is 0.526. The van der Waals surface area contributed by atoms with Crippen LogP contribution in [-0.4, -0.2) is 6.54 Å². The molecule has 1 N–H and O–H groups in total. The molecular weight excluding hydrogens is 254 g/mol. The number of hydrogen-bond donors (Lipinski definition) is 1. The Morgan fingerprint density at radius 3 is 2.53 bits per heavy atom. The molecule has 1 unspecified atom stereocenters. The topological polar surface area (TPSA) is 12.0 Å². The summed E-state index contributed by atoms with van der Waals surface area (Å²) >= 11 is 6.55. The Bertz CT molecular complexity index is 429. The van der Waals surface area contributed by atoms with Crippen LogP contribution in [0.3, 0.4) is 0 Å². The van der Waals surface area contributed by atoms with Crippen molar-refractivity contribution in [2.45, 2.75) is 57.4 Å². The summed E-state index contributed by atoms with van der Waals surface area (Å²) in [5, 5.41) is 4.54. The van der Waals surface area contributed by atoms with E-state index < -0.39 is 0 Å². The molecule has 2 aliphatic rings. The van der Waals surface area contributed by atoms with E-state index in [-0.39, 0.29) is 0 Å². The third-order valence-corrected chi connectivity index (χ3v) is 5.27. The van der Waals surface area contributed by atoms with Crippen molar-refractivity contribution >= 4 is 11.6 Å². The molecule has 1 aliphatic carbocycles. The molecule has 3 rings (SSSR count). The van der Waals surface area contributed by atoms with Crippen molar-refractivity contribution in [1.82, 2.24) is 5.32 Å². The van der Waals surface area contributed by atoms with Crippen LogP contribution in [0.25, 0.3) is 0 Å². The molecule has 2 fully saturated rings. The third kappa shape index (κ3) is 2.98. The van der Waals surface area contributed by atoms with E-state index in [4.69, 9.17) is 11.6 Å². The predicted molar refractivity (Wildman–Crippen MR) is 81.8 cm³/mol. The predicted octanol–water partition coefficient (Wildman–Crippen LogP) is 5.06. The second kappa shape index (κ2) is 5.85. The summed E-state index contributed by atoms with van der Waals surface area (Å²) < 4.78 is 0. The van der Waals surface area contributed by atoms with E-state index in [0.29, 0.717) is 12.0 Å². The molecule has 1 atom stereocenters. The average molecular weight is 278 g/mol. The summed E-state index contributed by atoms with van der Waals surface area (Å²) in [6.45, 7) is 3.51. The molecule has 0 spiro atoms. The highest BCUT2D eigenvalue weighted by molar-refractivity contribution is 6.31. The molecule has 1 aliphatic heterocycles. The van der Waals surface area contributed by atoms with Crippen LogP contribution in [0.5, 0.6) is 0 Å². The van der Waals surface area contributed by atoms with Gasteiger partial charge in [-0.05, 0) is 61.3 Å². The van der Waals surface area contributed by atoms with Gasteiger partial charge in [-0.3, -0.25) is 0 Å². The van der Waals surface area contributed by atoms with E-state index in [1.165, 1.54) is 49.7 Å². The van der Waals surface area contributed by atoms with Gasteiger partial charge in [-0.2, -0.15) is 0 Å². The fourth-order valence-electron chi connectivity index (χ4n) is 3.63. The lowest BCUT2D eigenvalue weighted by molar-refractivity contribution is 0.348. The standard InChI is InChI=1S/C17H24ClN/c1-12-4-6-13(7-5-12)15-9-8-14(11-16(15)18)17-3-2-10-19-17/h8-9,11-13,17,19H,2-7,10H2,1H3. The fourth-order valence-corrected chi connectivity index (χ4v) is 3.97. The number of benzene rings is 1. The molecule has 1 aromatic carbocycles. The molecule has 0 bridgehead atoms. The van der Waals surface area contributed by atoms with Gasteiger partial charge in [-0.15, -0.1) is 0 Å². The summed E-state index contributed by atoms with van der Waals surface area (Å²) in [6.07, 6.45) is 7.85. The maximum atomic E-state index is 6.55. The van der Waals surface area contributed by atoms with Crippen LogP contribution in [0.2, 0.25) is 5.02 Å². The molecule has 0 radical (unpaired) electrons. The summed E-state index contributed by atoms with van der Waals surface area (Å²) in [7, 11) is 0. The smallest absolute Gasteiger partial charge is 0.0444 e. The second-order valence-electron chi connectivity index (χ2n) is 6.39. The van der Waals surface area contributed by atoms with Gasteiger partial charge < -0.3 is 5.32 Å². The van der Waals surface area contributed by atoms with Crippen molar-refractivity contribution in [1.29, 1.82) is 0 Å². The van der Waals surface area contributed by atoms with Crippen LogP contribution in [0, 0.1) is 5.92 Å². The van der Waals surface area contributed by atoms with Crippen molar-refractivity contribution < 1.29 is 0 Å². The Balaban J connectivity index is 1.75. The largest absolute Gasteiger partial charge is 0.310 e. The van der Waals surface area contributed by atoms with Crippen LogP contribution in [0.15, 0.2) is 18.2 Å². The van der Waals surface area contributed by atoms with Gasteiger partial charge in [0.2, 0.25) is 0 Å². The van der Waals surface area contributed by atoms with E-state index in [0.717, 1.165) is 17.5 Å². The van der Waals surface area contributed by atoms with E-state index in [2.05, 4.69) is 30.4 Å². The lowest BCUT2D eigenvalue weighted by atomic mass is 9.79. The van der Waals surface area contributed by atoms with Gasteiger partial charge in [0, 0.05) is 11.1 Å². The van der Waals surface area contributed by atoms with E-state index in [9.17, 15) is 0 Å². The van der Waals surface area contributed by atoms with Crippen molar-refractivity contribution in [3.05, 3.63) is 34.3 Å². The number of hydrogen-bond acceptors (Lipinski definition) is 1. The molecule has 1 saturated heterocycles. The first-order chi connectivity index (χ1) is 9.24. The third-order valence-electron chi connectivity index (χ3n) is 4.94. The van der Waals surface area contributed by atoms with Crippen LogP contribution in [0.1, 0.15) is 68.5 Å². The van der Waals surface area contributed by atoms with Gasteiger partial charge >= 0.3 is 0 Å².